The van der Waals surface area contributed by atoms with Crippen molar-refractivity contribution in [1.82, 2.24) is 10.2 Å². The van der Waals surface area contributed by atoms with Gasteiger partial charge in [-0.15, -0.1) is 0 Å². The van der Waals surface area contributed by atoms with Crippen molar-refractivity contribution in [1.29, 1.82) is 0 Å². The van der Waals surface area contributed by atoms with Crippen LogP contribution in [0.5, 0.6) is 5.75 Å². The fourth-order valence-corrected chi connectivity index (χ4v) is 3.69. The molecule has 0 radical (unpaired) electrons. The number of rotatable bonds is 11. The van der Waals surface area contributed by atoms with E-state index in [4.69, 9.17) is 4.74 Å². The second-order valence-corrected chi connectivity index (χ2v) is 8.88. The lowest BCUT2D eigenvalue weighted by Crippen LogP contribution is -2.51. The molecule has 5 heteroatoms. The van der Waals surface area contributed by atoms with E-state index in [0.717, 1.165) is 28.0 Å². The molecule has 0 aliphatic carbocycles. The zero-order valence-electron chi connectivity index (χ0n) is 20.4. The van der Waals surface area contributed by atoms with Crippen molar-refractivity contribution >= 4 is 11.8 Å². The van der Waals surface area contributed by atoms with Gasteiger partial charge in [-0.05, 0) is 67.9 Å². The molecule has 0 unspecified atom stereocenters. The van der Waals surface area contributed by atoms with Crippen LogP contribution in [0.1, 0.15) is 49.4 Å². The summed E-state index contributed by atoms with van der Waals surface area (Å²) < 4.78 is 5.94. The normalized spacial score (nSPS) is 11.8. The van der Waals surface area contributed by atoms with Gasteiger partial charge in [-0.1, -0.05) is 57.2 Å². The molecule has 2 aromatic rings. The highest BCUT2D eigenvalue weighted by molar-refractivity contribution is 5.88. The highest BCUT2D eigenvalue weighted by atomic mass is 16.5. The summed E-state index contributed by atoms with van der Waals surface area (Å²) in [7, 11) is 0. The smallest absolute Gasteiger partial charge is 0.261 e. The largest absolute Gasteiger partial charge is 0.483 e. The Kier molecular flexibility index (Phi) is 9.76. The second kappa shape index (κ2) is 12.3. The predicted molar refractivity (Wildman–Crippen MR) is 130 cm³/mol. The Morgan fingerprint density at radius 1 is 1.06 bits per heavy atom. The summed E-state index contributed by atoms with van der Waals surface area (Å²) in [6, 6.07) is 13.6. The molecular formula is C27H38N2O3. The van der Waals surface area contributed by atoms with Crippen molar-refractivity contribution < 1.29 is 14.3 Å². The van der Waals surface area contributed by atoms with Gasteiger partial charge in [-0.3, -0.25) is 9.59 Å². The Morgan fingerprint density at radius 3 is 2.38 bits per heavy atom. The van der Waals surface area contributed by atoms with Gasteiger partial charge in [0.15, 0.2) is 6.61 Å². The van der Waals surface area contributed by atoms with Crippen LogP contribution in [0.15, 0.2) is 42.5 Å². The molecule has 0 saturated carbocycles. The number of nitrogens with one attached hydrogen (secondary N) is 1. The van der Waals surface area contributed by atoms with Crippen LogP contribution in [0, 0.1) is 26.7 Å². The van der Waals surface area contributed by atoms with Gasteiger partial charge in [-0.25, -0.2) is 0 Å². The van der Waals surface area contributed by atoms with Crippen LogP contribution in [-0.4, -0.2) is 42.5 Å². The van der Waals surface area contributed by atoms with Gasteiger partial charge in [0.1, 0.15) is 11.8 Å². The van der Waals surface area contributed by atoms with Crippen LogP contribution >= 0.6 is 0 Å². The summed E-state index contributed by atoms with van der Waals surface area (Å²) in [5.74, 6) is 0.785. The fourth-order valence-electron chi connectivity index (χ4n) is 3.69. The SMILES string of the molecule is CC[C@@H](C(=O)NCC(C)C)N(CCc1ccccc1)C(=O)COc1cc(C)cc(C)c1C. The monoisotopic (exact) mass is 438 g/mol. The van der Waals surface area contributed by atoms with E-state index in [2.05, 4.69) is 25.2 Å². The van der Waals surface area contributed by atoms with Gasteiger partial charge in [-0.2, -0.15) is 0 Å². The molecule has 0 spiro atoms. The number of carbonyl (C=O) groups excluding carboxylic acids is 2. The van der Waals surface area contributed by atoms with Gasteiger partial charge in [0.2, 0.25) is 5.91 Å². The summed E-state index contributed by atoms with van der Waals surface area (Å²) in [6.07, 6.45) is 1.23. The lowest BCUT2D eigenvalue weighted by atomic mass is 10.1. The van der Waals surface area contributed by atoms with Crippen LogP contribution in [0.25, 0.3) is 0 Å². The van der Waals surface area contributed by atoms with Crippen LogP contribution in [-0.2, 0) is 16.0 Å². The van der Waals surface area contributed by atoms with Gasteiger partial charge < -0.3 is 15.0 Å². The van der Waals surface area contributed by atoms with Gasteiger partial charge in [0.05, 0.1) is 0 Å². The Hall–Kier alpha value is -2.82. The maximum Gasteiger partial charge on any atom is 0.261 e. The first kappa shape index (κ1) is 25.4. The van der Waals surface area contributed by atoms with Gasteiger partial charge in [0, 0.05) is 13.1 Å². The van der Waals surface area contributed by atoms with E-state index in [1.165, 1.54) is 0 Å². The van der Waals surface area contributed by atoms with E-state index in [0.29, 0.717) is 31.8 Å². The summed E-state index contributed by atoms with van der Waals surface area (Å²) in [4.78, 5) is 27.9. The van der Waals surface area contributed by atoms with E-state index in [1.807, 2.05) is 64.1 Å². The van der Waals surface area contributed by atoms with Crippen molar-refractivity contribution in [3.05, 3.63) is 64.7 Å². The van der Waals surface area contributed by atoms with E-state index in [1.54, 1.807) is 4.90 Å². The molecule has 174 valence electrons. The first-order valence-electron chi connectivity index (χ1n) is 11.5. The van der Waals surface area contributed by atoms with Gasteiger partial charge >= 0.3 is 0 Å². The summed E-state index contributed by atoms with van der Waals surface area (Å²) in [5, 5.41) is 2.99. The molecule has 0 aliphatic heterocycles. The molecule has 0 heterocycles. The topological polar surface area (TPSA) is 58.6 Å². The molecule has 0 aliphatic rings. The number of benzene rings is 2. The van der Waals surface area contributed by atoms with Crippen molar-refractivity contribution in [2.45, 2.75) is 60.4 Å². The molecule has 2 aromatic carbocycles. The molecule has 1 atom stereocenters. The molecule has 0 bridgehead atoms. The molecule has 2 amide bonds. The molecule has 5 nitrogen and oxygen atoms in total. The third-order valence-electron chi connectivity index (χ3n) is 5.67. The predicted octanol–water partition coefficient (Wildman–Crippen LogP) is 4.61. The molecule has 0 fully saturated rings. The quantitative estimate of drug-likeness (QED) is 0.557. The molecule has 32 heavy (non-hydrogen) atoms. The minimum Gasteiger partial charge on any atom is -0.483 e. The van der Waals surface area contributed by atoms with Crippen LogP contribution < -0.4 is 10.1 Å². The molecule has 2 rings (SSSR count). The number of hydrogen-bond acceptors (Lipinski definition) is 3. The lowest BCUT2D eigenvalue weighted by Gasteiger charge is -2.31. The second-order valence-electron chi connectivity index (χ2n) is 8.88. The Balaban J connectivity index is 2.17. The van der Waals surface area contributed by atoms with E-state index < -0.39 is 6.04 Å². The highest BCUT2D eigenvalue weighted by Crippen LogP contribution is 2.23. The summed E-state index contributed by atoms with van der Waals surface area (Å²) in [5.41, 5.74) is 4.39. The number of nitrogens with zero attached hydrogens (tertiary/aromatic N) is 1. The van der Waals surface area contributed by atoms with Crippen molar-refractivity contribution in [3.8, 4) is 5.75 Å². The highest BCUT2D eigenvalue weighted by Gasteiger charge is 2.28. The standard InChI is InChI=1S/C27H38N2O3/c1-7-24(27(31)28-17-19(2)3)29(14-13-23-11-9-8-10-12-23)26(30)18-32-25-16-20(4)15-21(5)22(25)6/h8-12,15-16,19,24H,7,13-14,17-18H2,1-6H3,(H,28,31)/t24-/m0/s1. The first-order valence-corrected chi connectivity index (χ1v) is 11.5. The average Bonchev–Trinajstić information content (AvgIpc) is 2.76. The summed E-state index contributed by atoms with van der Waals surface area (Å²) in [6.45, 7) is 13.1. The first-order chi connectivity index (χ1) is 15.2. The molecular weight excluding hydrogens is 400 g/mol. The minimum atomic E-state index is -0.520. The zero-order valence-corrected chi connectivity index (χ0v) is 20.4. The number of hydrogen-bond donors (Lipinski definition) is 1. The number of ether oxygens (including phenoxy) is 1. The Bertz CT molecular complexity index is 893. The number of amides is 2. The van der Waals surface area contributed by atoms with Crippen LogP contribution in [0.2, 0.25) is 0 Å². The van der Waals surface area contributed by atoms with E-state index in [-0.39, 0.29) is 18.4 Å². The average molecular weight is 439 g/mol. The van der Waals surface area contributed by atoms with Crippen molar-refractivity contribution in [2.24, 2.45) is 5.92 Å². The Morgan fingerprint density at radius 2 is 1.75 bits per heavy atom. The molecule has 0 aromatic heterocycles. The van der Waals surface area contributed by atoms with E-state index in [9.17, 15) is 9.59 Å². The Labute approximate surface area is 193 Å². The van der Waals surface area contributed by atoms with Crippen molar-refractivity contribution in [3.63, 3.8) is 0 Å². The fraction of sp³-hybridized carbons (Fsp3) is 0.481. The zero-order chi connectivity index (χ0) is 23.7. The maximum absolute atomic E-state index is 13.3. The third-order valence-corrected chi connectivity index (χ3v) is 5.67. The number of aryl methyl sites for hydroxylation is 2. The van der Waals surface area contributed by atoms with Crippen molar-refractivity contribution in [2.75, 3.05) is 19.7 Å². The number of carbonyl (C=O) groups is 2. The van der Waals surface area contributed by atoms with Crippen LogP contribution in [0.4, 0.5) is 0 Å². The maximum atomic E-state index is 13.3. The van der Waals surface area contributed by atoms with Crippen LogP contribution in [0.3, 0.4) is 0 Å². The third kappa shape index (κ3) is 7.40. The minimum absolute atomic E-state index is 0.0908. The molecule has 1 N–H and O–H groups in total. The molecule has 0 saturated heterocycles. The van der Waals surface area contributed by atoms with E-state index >= 15 is 0 Å². The summed E-state index contributed by atoms with van der Waals surface area (Å²) >= 11 is 0. The van der Waals surface area contributed by atoms with Gasteiger partial charge in [0.25, 0.3) is 5.91 Å². The lowest BCUT2D eigenvalue weighted by molar-refractivity contribution is -0.142.